The maximum Gasteiger partial charge on any atom is 0.407 e. The molecule has 0 radical (unpaired) electrons. The highest BCUT2D eigenvalue weighted by Gasteiger charge is 2.28. The van der Waals surface area contributed by atoms with E-state index in [-0.39, 0.29) is 18.1 Å². The molecule has 0 bridgehead atoms. The number of carbonyl (C=O) groups is 1. The molecule has 0 aliphatic heterocycles. The van der Waals surface area contributed by atoms with Gasteiger partial charge >= 0.3 is 6.09 Å². The fourth-order valence-electron chi connectivity index (χ4n) is 2.89. The Labute approximate surface area is 136 Å². The average molecular weight is 313 g/mol. The van der Waals surface area contributed by atoms with Crippen LogP contribution in [0.25, 0.3) is 11.1 Å². The van der Waals surface area contributed by atoms with Gasteiger partial charge in [-0.15, -0.1) is 0 Å². The van der Waals surface area contributed by atoms with Gasteiger partial charge in [0.05, 0.1) is 0 Å². The zero-order valence-corrected chi connectivity index (χ0v) is 13.3. The van der Waals surface area contributed by atoms with E-state index in [9.17, 15) is 4.79 Å². The summed E-state index contributed by atoms with van der Waals surface area (Å²) in [5, 5.41) is 2.76. The SMILES string of the molecule is C[C@H](CS)NC(=O)OCC1c2ccccc2-c2ccccc21. The summed E-state index contributed by atoms with van der Waals surface area (Å²) in [6.45, 7) is 2.24. The molecule has 2 aromatic carbocycles. The molecule has 0 aromatic heterocycles. The first-order chi connectivity index (χ1) is 10.7. The summed E-state index contributed by atoms with van der Waals surface area (Å²) in [7, 11) is 0. The number of nitrogens with one attached hydrogen (secondary N) is 1. The van der Waals surface area contributed by atoms with Crippen molar-refractivity contribution in [2.45, 2.75) is 18.9 Å². The van der Waals surface area contributed by atoms with Gasteiger partial charge in [-0.2, -0.15) is 12.6 Å². The monoisotopic (exact) mass is 313 g/mol. The number of thiol groups is 1. The second-order valence-corrected chi connectivity index (χ2v) is 5.92. The van der Waals surface area contributed by atoms with Crippen molar-refractivity contribution >= 4 is 18.7 Å². The summed E-state index contributed by atoms with van der Waals surface area (Å²) in [5.41, 5.74) is 4.91. The third-order valence-corrected chi connectivity index (χ3v) is 4.53. The second kappa shape index (κ2) is 6.44. The van der Waals surface area contributed by atoms with Crippen molar-refractivity contribution in [1.29, 1.82) is 0 Å². The van der Waals surface area contributed by atoms with Crippen LogP contribution in [0.15, 0.2) is 48.5 Å². The third kappa shape index (κ3) is 2.83. The van der Waals surface area contributed by atoms with E-state index in [1.165, 1.54) is 22.3 Å². The Hall–Kier alpha value is -1.94. The summed E-state index contributed by atoms with van der Waals surface area (Å²) in [6.07, 6.45) is -0.386. The number of rotatable bonds is 4. The van der Waals surface area contributed by atoms with Crippen LogP contribution < -0.4 is 5.32 Å². The van der Waals surface area contributed by atoms with Crippen molar-refractivity contribution in [3.8, 4) is 11.1 Å². The van der Waals surface area contributed by atoms with Gasteiger partial charge in [-0.3, -0.25) is 0 Å². The van der Waals surface area contributed by atoms with Crippen molar-refractivity contribution in [1.82, 2.24) is 5.32 Å². The Morgan fingerprint density at radius 2 is 1.68 bits per heavy atom. The molecule has 0 unspecified atom stereocenters. The molecule has 22 heavy (non-hydrogen) atoms. The Morgan fingerprint density at radius 3 is 2.23 bits per heavy atom. The van der Waals surface area contributed by atoms with Gasteiger partial charge in [-0.1, -0.05) is 48.5 Å². The smallest absolute Gasteiger partial charge is 0.407 e. The molecule has 3 rings (SSSR count). The largest absolute Gasteiger partial charge is 0.449 e. The van der Waals surface area contributed by atoms with E-state index < -0.39 is 0 Å². The van der Waals surface area contributed by atoms with Crippen LogP contribution in [0.3, 0.4) is 0 Å². The number of carbonyl (C=O) groups excluding carboxylic acids is 1. The van der Waals surface area contributed by atoms with Crippen LogP contribution in [-0.2, 0) is 4.74 Å². The molecule has 0 saturated carbocycles. The molecule has 0 heterocycles. The van der Waals surface area contributed by atoms with Gasteiger partial charge in [0.1, 0.15) is 6.61 Å². The topological polar surface area (TPSA) is 38.3 Å². The van der Waals surface area contributed by atoms with Crippen LogP contribution in [0.5, 0.6) is 0 Å². The minimum Gasteiger partial charge on any atom is -0.449 e. The lowest BCUT2D eigenvalue weighted by atomic mass is 9.98. The van der Waals surface area contributed by atoms with Gasteiger partial charge in [-0.25, -0.2) is 4.79 Å². The predicted molar refractivity (Wildman–Crippen MR) is 91.5 cm³/mol. The lowest BCUT2D eigenvalue weighted by Crippen LogP contribution is -2.34. The molecule has 1 aliphatic carbocycles. The molecule has 114 valence electrons. The van der Waals surface area contributed by atoms with Gasteiger partial charge < -0.3 is 10.1 Å². The lowest BCUT2D eigenvalue weighted by molar-refractivity contribution is 0.140. The first-order valence-corrected chi connectivity index (χ1v) is 8.06. The van der Waals surface area contributed by atoms with Crippen molar-refractivity contribution in [3.05, 3.63) is 59.7 Å². The predicted octanol–water partition coefficient (Wildman–Crippen LogP) is 3.84. The molecule has 1 aliphatic rings. The van der Waals surface area contributed by atoms with E-state index in [1.54, 1.807) is 0 Å². The first kappa shape index (κ1) is 15.0. The van der Waals surface area contributed by atoms with Crippen LogP contribution in [0, 0.1) is 0 Å². The molecule has 0 fully saturated rings. The molecule has 1 amide bonds. The second-order valence-electron chi connectivity index (χ2n) is 5.55. The molecular formula is C18H19NO2S. The van der Waals surface area contributed by atoms with Gasteiger partial charge in [0.2, 0.25) is 0 Å². The minimum absolute atomic E-state index is 0.000941. The van der Waals surface area contributed by atoms with Crippen molar-refractivity contribution in [3.63, 3.8) is 0 Å². The Kier molecular flexibility index (Phi) is 4.39. The molecule has 2 aromatic rings. The fraction of sp³-hybridized carbons (Fsp3) is 0.278. The molecule has 3 nitrogen and oxygen atoms in total. The summed E-state index contributed by atoms with van der Waals surface area (Å²) < 4.78 is 5.43. The van der Waals surface area contributed by atoms with Crippen LogP contribution >= 0.6 is 12.6 Å². The van der Waals surface area contributed by atoms with Crippen LogP contribution in [0.4, 0.5) is 4.79 Å². The number of fused-ring (bicyclic) bond motifs is 3. The maximum absolute atomic E-state index is 11.8. The highest BCUT2D eigenvalue weighted by atomic mass is 32.1. The zero-order chi connectivity index (χ0) is 15.5. The molecular weight excluding hydrogens is 294 g/mol. The summed E-state index contributed by atoms with van der Waals surface area (Å²) in [6, 6.07) is 16.6. The summed E-state index contributed by atoms with van der Waals surface area (Å²) >= 11 is 4.15. The van der Waals surface area contributed by atoms with Crippen molar-refractivity contribution in [2.75, 3.05) is 12.4 Å². The first-order valence-electron chi connectivity index (χ1n) is 7.43. The standard InChI is InChI=1S/C18H19NO2S/c1-12(11-22)19-18(20)21-10-17-15-8-4-2-6-13(15)14-7-3-5-9-16(14)17/h2-9,12,17,22H,10-11H2,1H3,(H,19,20)/t12-/m1/s1. The third-order valence-electron chi connectivity index (χ3n) is 3.98. The number of ether oxygens (including phenoxy) is 1. The van der Waals surface area contributed by atoms with Crippen LogP contribution in [-0.4, -0.2) is 24.5 Å². The van der Waals surface area contributed by atoms with E-state index in [0.717, 1.165) is 0 Å². The van der Waals surface area contributed by atoms with E-state index >= 15 is 0 Å². The molecule has 0 spiro atoms. The summed E-state index contributed by atoms with van der Waals surface area (Å²) in [4.78, 5) is 11.8. The Balaban J connectivity index is 1.78. The van der Waals surface area contributed by atoms with E-state index in [4.69, 9.17) is 4.74 Å². The zero-order valence-electron chi connectivity index (χ0n) is 12.5. The fourth-order valence-corrected chi connectivity index (χ4v) is 2.98. The minimum atomic E-state index is -0.386. The van der Waals surface area contributed by atoms with Gasteiger partial charge in [0.25, 0.3) is 0 Å². The van der Waals surface area contributed by atoms with E-state index in [2.05, 4.69) is 42.2 Å². The quantitative estimate of drug-likeness (QED) is 0.842. The van der Waals surface area contributed by atoms with Gasteiger partial charge in [0, 0.05) is 17.7 Å². The van der Waals surface area contributed by atoms with Crippen molar-refractivity contribution in [2.24, 2.45) is 0 Å². The summed E-state index contributed by atoms with van der Waals surface area (Å²) in [5.74, 6) is 0.689. The van der Waals surface area contributed by atoms with E-state index in [1.807, 2.05) is 31.2 Å². The molecule has 4 heteroatoms. The molecule has 0 saturated heterocycles. The lowest BCUT2D eigenvalue weighted by Gasteiger charge is -2.16. The number of hydrogen-bond acceptors (Lipinski definition) is 3. The molecule has 1 N–H and O–H groups in total. The van der Waals surface area contributed by atoms with Crippen LogP contribution in [0.2, 0.25) is 0 Å². The van der Waals surface area contributed by atoms with Gasteiger partial charge in [0.15, 0.2) is 0 Å². The maximum atomic E-state index is 11.8. The van der Waals surface area contributed by atoms with Gasteiger partial charge in [-0.05, 0) is 29.2 Å². The number of hydrogen-bond donors (Lipinski definition) is 2. The highest BCUT2D eigenvalue weighted by molar-refractivity contribution is 7.80. The highest BCUT2D eigenvalue weighted by Crippen LogP contribution is 2.44. The van der Waals surface area contributed by atoms with Crippen molar-refractivity contribution < 1.29 is 9.53 Å². The number of amides is 1. The Bertz CT molecular complexity index is 641. The number of benzene rings is 2. The molecule has 1 atom stereocenters. The Morgan fingerprint density at radius 1 is 1.14 bits per heavy atom. The number of alkyl carbamates (subject to hydrolysis) is 1. The van der Waals surface area contributed by atoms with E-state index in [0.29, 0.717) is 12.4 Å². The van der Waals surface area contributed by atoms with Crippen LogP contribution in [0.1, 0.15) is 24.0 Å². The normalized spacial score (nSPS) is 14.1. The average Bonchev–Trinajstić information content (AvgIpc) is 2.87.